The number of amides is 2. The molecule has 0 bridgehead atoms. The fraction of sp³-hybridized carbons (Fsp3) is 0.200. The lowest BCUT2D eigenvalue weighted by atomic mass is 10.1. The van der Waals surface area contributed by atoms with E-state index < -0.39 is 5.91 Å². The number of carbonyl (C=O) groups excluding carboxylic acids is 2. The van der Waals surface area contributed by atoms with E-state index in [-0.39, 0.29) is 12.3 Å². The molecule has 0 heterocycles. The Morgan fingerprint density at radius 2 is 1.54 bits per heavy atom. The van der Waals surface area contributed by atoms with Gasteiger partial charge < -0.3 is 10.6 Å². The van der Waals surface area contributed by atoms with Gasteiger partial charge in [-0.05, 0) is 23.6 Å². The fourth-order valence-corrected chi connectivity index (χ4v) is 2.32. The number of hydrogen-bond donors (Lipinski definition) is 1. The molecule has 0 saturated heterocycles. The number of hydrogen-bond acceptors (Lipinski definition) is 2. The molecule has 0 aliphatic carbocycles. The van der Waals surface area contributed by atoms with Gasteiger partial charge in [-0.2, -0.15) is 0 Å². The van der Waals surface area contributed by atoms with Crippen LogP contribution in [0.5, 0.6) is 0 Å². The SMILES string of the molecule is NC(=O)CCN(CCc1ccccc1)C(=O)/C=C/c1ccccc1. The highest BCUT2D eigenvalue weighted by Crippen LogP contribution is 2.05. The molecule has 0 unspecified atom stereocenters. The molecule has 2 N–H and O–H groups in total. The summed E-state index contributed by atoms with van der Waals surface area (Å²) in [6.07, 6.45) is 4.23. The Balaban J connectivity index is 1.99. The highest BCUT2D eigenvalue weighted by molar-refractivity contribution is 5.92. The smallest absolute Gasteiger partial charge is 0.246 e. The summed E-state index contributed by atoms with van der Waals surface area (Å²) in [6.45, 7) is 0.884. The van der Waals surface area contributed by atoms with E-state index in [4.69, 9.17) is 5.73 Å². The molecule has 0 atom stereocenters. The van der Waals surface area contributed by atoms with Crippen molar-refractivity contribution in [1.82, 2.24) is 4.90 Å². The van der Waals surface area contributed by atoms with Crippen molar-refractivity contribution >= 4 is 17.9 Å². The quantitative estimate of drug-likeness (QED) is 0.759. The van der Waals surface area contributed by atoms with Crippen molar-refractivity contribution in [1.29, 1.82) is 0 Å². The molecule has 24 heavy (non-hydrogen) atoms. The van der Waals surface area contributed by atoms with E-state index in [9.17, 15) is 9.59 Å². The van der Waals surface area contributed by atoms with E-state index in [0.29, 0.717) is 13.1 Å². The lowest BCUT2D eigenvalue weighted by molar-refractivity contribution is -0.126. The predicted molar refractivity (Wildman–Crippen MR) is 96.0 cm³/mol. The van der Waals surface area contributed by atoms with Crippen molar-refractivity contribution in [2.24, 2.45) is 5.73 Å². The molecule has 2 rings (SSSR count). The molecule has 0 spiro atoms. The predicted octanol–water partition coefficient (Wildman–Crippen LogP) is 2.65. The van der Waals surface area contributed by atoms with Crippen LogP contribution in [0.2, 0.25) is 0 Å². The molecule has 2 amide bonds. The van der Waals surface area contributed by atoms with E-state index >= 15 is 0 Å². The minimum atomic E-state index is -0.403. The van der Waals surface area contributed by atoms with Crippen molar-refractivity contribution < 1.29 is 9.59 Å². The molecule has 0 aliphatic heterocycles. The zero-order chi connectivity index (χ0) is 17.2. The van der Waals surface area contributed by atoms with Gasteiger partial charge in [-0.1, -0.05) is 60.7 Å². The van der Waals surface area contributed by atoms with Crippen LogP contribution in [0.4, 0.5) is 0 Å². The molecule has 0 fully saturated rings. The van der Waals surface area contributed by atoms with E-state index in [2.05, 4.69) is 0 Å². The summed E-state index contributed by atoms with van der Waals surface area (Å²) in [6, 6.07) is 19.6. The minimum Gasteiger partial charge on any atom is -0.370 e. The van der Waals surface area contributed by atoms with Gasteiger partial charge in [0.15, 0.2) is 0 Å². The molecule has 0 saturated carbocycles. The van der Waals surface area contributed by atoms with Crippen LogP contribution in [0.1, 0.15) is 17.5 Å². The first-order chi connectivity index (χ1) is 11.6. The van der Waals surface area contributed by atoms with Gasteiger partial charge in [-0.15, -0.1) is 0 Å². The number of nitrogens with zero attached hydrogens (tertiary/aromatic N) is 1. The number of rotatable bonds is 8. The van der Waals surface area contributed by atoms with Gasteiger partial charge in [0.2, 0.25) is 11.8 Å². The molecular weight excluding hydrogens is 300 g/mol. The number of nitrogens with two attached hydrogens (primary N) is 1. The normalized spacial score (nSPS) is 10.7. The van der Waals surface area contributed by atoms with Crippen LogP contribution in [-0.4, -0.2) is 29.8 Å². The van der Waals surface area contributed by atoms with Crippen LogP contribution in [0.3, 0.4) is 0 Å². The standard InChI is InChI=1S/C20H22N2O2/c21-19(23)14-16-22(15-13-18-9-5-2-6-10-18)20(24)12-11-17-7-3-1-4-8-17/h1-12H,13-16H2,(H2,21,23)/b12-11+. The Morgan fingerprint density at radius 3 is 2.17 bits per heavy atom. The Bertz CT molecular complexity index is 681. The number of benzene rings is 2. The first-order valence-corrected chi connectivity index (χ1v) is 7.99. The van der Waals surface area contributed by atoms with Crippen molar-refractivity contribution in [2.45, 2.75) is 12.8 Å². The molecule has 0 aromatic heterocycles. The topological polar surface area (TPSA) is 63.4 Å². The van der Waals surface area contributed by atoms with E-state index in [1.165, 1.54) is 0 Å². The monoisotopic (exact) mass is 322 g/mol. The summed E-state index contributed by atoms with van der Waals surface area (Å²) in [5.41, 5.74) is 7.33. The van der Waals surface area contributed by atoms with Gasteiger partial charge in [0.25, 0.3) is 0 Å². The first-order valence-electron chi connectivity index (χ1n) is 7.99. The lowest BCUT2D eigenvalue weighted by Crippen LogP contribution is -2.34. The molecule has 0 aliphatic rings. The molecule has 124 valence electrons. The van der Waals surface area contributed by atoms with Gasteiger partial charge in [0.05, 0.1) is 0 Å². The zero-order valence-corrected chi connectivity index (χ0v) is 13.6. The summed E-state index contributed by atoms with van der Waals surface area (Å²) in [7, 11) is 0. The van der Waals surface area contributed by atoms with E-state index in [1.54, 1.807) is 17.1 Å². The largest absolute Gasteiger partial charge is 0.370 e. The maximum atomic E-state index is 12.4. The van der Waals surface area contributed by atoms with Gasteiger partial charge in [0, 0.05) is 25.6 Å². The second-order valence-corrected chi connectivity index (χ2v) is 5.52. The maximum Gasteiger partial charge on any atom is 0.246 e. The van der Waals surface area contributed by atoms with Gasteiger partial charge in [0.1, 0.15) is 0 Å². The highest BCUT2D eigenvalue weighted by Gasteiger charge is 2.11. The van der Waals surface area contributed by atoms with Crippen LogP contribution in [-0.2, 0) is 16.0 Å². The summed E-state index contributed by atoms with van der Waals surface area (Å²) < 4.78 is 0. The minimum absolute atomic E-state index is 0.115. The van der Waals surface area contributed by atoms with Crippen LogP contribution >= 0.6 is 0 Å². The highest BCUT2D eigenvalue weighted by atomic mass is 16.2. The average molecular weight is 322 g/mol. The summed E-state index contributed by atoms with van der Waals surface area (Å²) >= 11 is 0. The van der Waals surface area contributed by atoms with Crippen LogP contribution in [0, 0.1) is 0 Å². The Morgan fingerprint density at radius 1 is 0.917 bits per heavy atom. The fourth-order valence-electron chi connectivity index (χ4n) is 2.32. The molecule has 4 nitrogen and oxygen atoms in total. The molecule has 0 radical (unpaired) electrons. The number of primary amides is 1. The first kappa shape index (κ1) is 17.5. The van der Waals surface area contributed by atoms with Gasteiger partial charge in [-0.25, -0.2) is 0 Å². The third kappa shape index (κ3) is 6.08. The van der Waals surface area contributed by atoms with Crippen LogP contribution in [0.15, 0.2) is 66.7 Å². The summed E-state index contributed by atoms with van der Waals surface area (Å²) in [4.78, 5) is 25.1. The second-order valence-electron chi connectivity index (χ2n) is 5.52. The third-order valence-electron chi connectivity index (χ3n) is 3.67. The van der Waals surface area contributed by atoms with Crippen LogP contribution < -0.4 is 5.73 Å². The zero-order valence-electron chi connectivity index (χ0n) is 13.6. The van der Waals surface area contributed by atoms with Crippen LogP contribution in [0.25, 0.3) is 6.08 Å². The second kappa shape index (κ2) is 9.30. The summed E-state index contributed by atoms with van der Waals surface area (Å²) in [5.74, 6) is -0.518. The van der Waals surface area contributed by atoms with E-state index in [1.807, 2.05) is 60.7 Å². The Labute approximate surface area is 142 Å². The van der Waals surface area contributed by atoms with Crippen molar-refractivity contribution in [3.05, 3.63) is 77.9 Å². The average Bonchev–Trinajstić information content (AvgIpc) is 2.61. The molecular formula is C20H22N2O2. The van der Waals surface area contributed by atoms with Crippen molar-refractivity contribution in [3.63, 3.8) is 0 Å². The Kier molecular flexibility index (Phi) is 6.77. The molecule has 2 aromatic rings. The van der Waals surface area contributed by atoms with Gasteiger partial charge >= 0.3 is 0 Å². The van der Waals surface area contributed by atoms with Crippen molar-refractivity contribution in [2.75, 3.05) is 13.1 Å². The third-order valence-corrected chi connectivity index (χ3v) is 3.67. The van der Waals surface area contributed by atoms with Crippen molar-refractivity contribution in [3.8, 4) is 0 Å². The maximum absolute atomic E-state index is 12.4. The number of carbonyl (C=O) groups is 2. The Hall–Kier alpha value is -2.88. The summed E-state index contributed by atoms with van der Waals surface area (Å²) in [5, 5.41) is 0. The molecule has 2 aromatic carbocycles. The van der Waals surface area contributed by atoms with Gasteiger partial charge in [-0.3, -0.25) is 9.59 Å². The van der Waals surface area contributed by atoms with E-state index in [0.717, 1.165) is 17.5 Å². The lowest BCUT2D eigenvalue weighted by Gasteiger charge is -2.20. The molecule has 4 heteroatoms.